The summed E-state index contributed by atoms with van der Waals surface area (Å²) in [6.45, 7) is 1.65. The van der Waals surface area contributed by atoms with Crippen LogP contribution in [-0.4, -0.2) is 51.1 Å². The molecule has 0 N–H and O–H groups in total. The minimum Gasteiger partial charge on any atom is -0.492 e. The summed E-state index contributed by atoms with van der Waals surface area (Å²) in [5.74, 6) is 3.88. The molecule has 0 spiro atoms. The summed E-state index contributed by atoms with van der Waals surface area (Å²) in [6.07, 6.45) is 11.0. The smallest absolute Gasteiger partial charge is 0.207 e. The number of likely N-dealkylation sites (N-methyl/N-ethyl adjacent to an activating group) is 1. The lowest BCUT2D eigenvalue weighted by atomic mass is 9.53. The summed E-state index contributed by atoms with van der Waals surface area (Å²) in [4.78, 5) is 14.5. The lowest BCUT2D eigenvalue weighted by Crippen LogP contribution is -2.60. The molecule has 0 unspecified atom stereocenters. The molecular formula is C27H41NO4. The van der Waals surface area contributed by atoms with Gasteiger partial charge in [-0.25, -0.2) is 9.78 Å². The van der Waals surface area contributed by atoms with E-state index in [9.17, 15) is 0 Å². The molecule has 1 aromatic carbocycles. The largest absolute Gasteiger partial charge is 0.492 e. The van der Waals surface area contributed by atoms with Gasteiger partial charge in [0, 0.05) is 25.5 Å². The SMILES string of the molecule is COC1(OO[C@H]2CC[C@@H](c3ccc(OCCN(C)C)cc3)CC2)C2CC3CC(C2)CC1C3. The minimum absolute atomic E-state index is 0.184. The first kappa shape index (κ1) is 22.6. The summed E-state index contributed by atoms with van der Waals surface area (Å²) in [5, 5.41) is 0. The van der Waals surface area contributed by atoms with Gasteiger partial charge < -0.3 is 14.4 Å². The van der Waals surface area contributed by atoms with Gasteiger partial charge in [0.2, 0.25) is 5.79 Å². The van der Waals surface area contributed by atoms with E-state index in [0.29, 0.717) is 17.8 Å². The van der Waals surface area contributed by atoms with Crippen LogP contribution in [0.25, 0.3) is 0 Å². The lowest BCUT2D eigenvalue weighted by Gasteiger charge is -2.58. The van der Waals surface area contributed by atoms with Crippen molar-refractivity contribution in [2.24, 2.45) is 23.7 Å². The number of methoxy groups -OCH3 is 1. The van der Waals surface area contributed by atoms with Crippen molar-refractivity contribution in [2.45, 2.75) is 75.6 Å². The lowest BCUT2D eigenvalue weighted by molar-refractivity contribution is -0.485. The molecule has 5 fully saturated rings. The molecule has 4 bridgehead atoms. The van der Waals surface area contributed by atoms with Gasteiger partial charge in [-0.1, -0.05) is 12.1 Å². The van der Waals surface area contributed by atoms with Gasteiger partial charge in [-0.2, -0.15) is 0 Å². The number of nitrogens with zero attached hydrogens (tertiary/aromatic N) is 1. The Balaban J connectivity index is 1.10. The predicted molar refractivity (Wildman–Crippen MR) is 124 cm³/mol. The molecule has 5 aliphatic rings. The van der Waals surface area contributed by atoms with Gasteiger partial charge >= 0.3 is 0 Å². The topological polar surface area (TPSA) is 40.2 Å². The Kier molecular flexibility index (Phi) is 6.80. The highest BCUT2D eigenvalue weighted by molar-refractivity contribution is 5.29. The zero-order valence-electron chi connectivity index (χ0n) is 20.1. The van der Waals surface area contributed by atoms with Crippen LogP contribution in [0, 0.1) is 23.7 Å². The minimum atomic E-state index is -0.493. The van der Waals surface area contributed by atoms with Crippen molar-refractivity contribution in [2.75, 3.05) is 34.4 Å². The van der Waals surface area contributed by atoms with E-state index in [4.69, 9.17) is 19.2 Å². The van der Waals surface area contributed by atoms with E-state index in [1.807, 2.05) is 7.11 Å². The van der Waals surface area contributed by atoms with Gasteiger partial charge in [-0.05, 0) is 107 Å². The standard InChI is InChI=1S/C27H41NO4/c1-28(2)12-13-30-25-8-4-21(5-9-25)22-6-10-26(11-7-22)31-32-27(29-3)23-15-19-14-20(17-23)18-24(27)16-19/h4-5,8-9,19-20,22-24,26H,6-7,10-18H2,1-3H3/t19?,20?,22-,23?,24?,26+,27?. The fourth-order valence-corrected chi connectivity index (χ4v) is 7.16. The average Bonchev–Trinajstić information content (AvgIpc) is 2.79. The van der Waals surface area contributed by atoms with Crippen LogP contribution in [0.5, 0.6) is 5.75 Å². The van der Waals surface area contributed by atoms with Gasteiger partial charge in [0.15, 0.2) is 0 Å². The molecule has 6 rings (SSSR count). The summed E-state index contributed by atoms with van der Waals surface area (Å²) in [7, 11) is 5.96. The molecule has 32 heavy (non-hydrogen) atoms. The molecule has 0 amide bonds. The van der Waals surface area contributed by atoms with Gasteiger partial charge in [0.1, 0.15) is 12.4 Å². The molecule has 0 heterocycles. The maximum atomic E-state index is 6.26. The Labute approximate surface area is 193 Å². The third-order valence-electron chi connectivity index (χ3n) is 8.74. The van der Waals surface area contributed by atoms with Crippen LogP contribution in [0.2, 0.25) is 0 Å². The van der Waals surface area contributed by atoms with Crippen molar-refractivity contribution in [3.05, 3.63) is 29.8 Å². The fourth-order valence-electron chi connectivity index (χ4n) is 7.16. The van der Waals surface area contributed by atoms with Crippen LogP contribution in [0.1, 0.15) is 69.3 Å². The third-order valence-corrected chi connectivity index (χ3v) is 8.74. The maximum Gasteiger partial charge on any atom is 0.207 e. The number of rotatable bonds is 9. The van der Waals surface area contributed by atoms with E-state index >= 15 is 0 Å². The predicted octanol–water partition coefficient (Wildman–Crippen LogP) is 5.40. The van der Waals surface area contributed by atoms with Gasteiger partial charge in [-0.3, -0.25) is 0 Å². The Morgan fingerprint density at radius 2 is 1.50 bits per heavy atom. The highest BCUT2D eigenvalue weighted by Gasteiger charge is 2.60. The van der Waals surface area contributed by atoms with E-state index in [-0.39, 0.29) is 6.10 Å². The van der Waals surface area contributed by atoms with Crippen LogP contribution < -0.4 is 4.74 Å². The number of hydrogen-bond donors (Lipinski definition) is 0. The normalized spacial score (nSPS) is 38.4. The van der Waals surface area contributed by atoms with E-state index in [1.54, 1.807) is 0 Å². The van der Waals surface area contributed by atoms with Crippen LogP contribution >= 0.6 is 0 Å². The van der Waals surface area contributed by atoms with Crippen molar-refractivity contribution < 1.29 is 19.2 Å². The maximum absolute atomic E-state index is 6.26. The molecule has 0 saturated heterocycles. The molecule has 178 valence electrons. The van der Waals surface area contributed by atoms with Gasteiger partial charge in [0.25, 0.3) is 0 Å². The second-order valence-corrected chi connectivity index (χ2v) is 11.1. The summed E-state index contributed by atoms with van der Waals surface area (Å²) >= 11 is 0. The number of benzene rings is 1. The first-order valence-electron chi connectivity index (χ1n) is 12.8. The molecular weight excluding hydrogens is 402 g/mol. The quantitative estimate of drug-likeness (QED) is 0.290. The zero-order valence-corrected chi connectivity index (χ0v) is 20.1. The molecule has 0 radical (unpaired) electrons. The molecule has 5 nitrogen and oxygen atoms in total. The van der Waals surface area contributed by atoms with Gasteiger partial charge in [-0.15, -0.1) is 0 Å². The second kappa shape index (κ2) is 9.61. The van der Waals surface area contributed by atoms with Crippen LogP contribution in [-0.2, 0) is 14.5 Å². The van der Waals surface area contributed by atoms with Crippen LogP contribution in [0.15, 0.2) is 24.3 Å². The Morgan fingerprint density at radius 1 is 0.875 bits per heavy atom. The first-order chi connectivity index (χ1) is 15.6. The monoisotopic (exact) mass is 443 g/mol. The van der Waals surface area contributed by atoms with Crippen molar-refractivity contribution in [1.82, 2.24) is 4.90 Å². The van der Waals surface area contributed by atoms with E-state index in [0.717, 1.165) is 56.4 Å². The molecule has 0 aliphatic heterocycles. The highest BCUT2D eigenvalue weighted by Crippen LogP contribution is 2.60. The molecule has 5 aliphatic carbocycles. The van der Waals surface area contributed by atoms with Crippen molar-refractivity contribution in [3.63, 3.8) is 0 Å². The van der Waals surface area contributed by atoms with Crippen molar-refractivity contribution in [3.8, 4) is 5.75 Å². The Bertz CT molecular complexity index is 713. The number of hydrogen-bond acceptors (Lipinski definition) is 5. The summed E-state index contributed by atoms with van der Waals surface area (Å²) in [5.41, 5.74) is 1.42. The van der Waals surface area contributed by atoms with Crippen molar-refractivity contribution in [1.29, 1.82) is 0 Å². The van der Waals surface area contributed by atoms with Gasteiger partial charge in [0.05, 0.1) is 6.10 Å². The molecule has 5 saturated carbocycles. The Hall–Kier alpha value is -1.14. The van der Waals surface area contributed by atoms with E-state index in [2.05, 4.69) is 43.3 Å². The fraction of sp³-hybridized carbons (Fsp3) is 0.778. The zero-order chi connectivity index (χ0) is 22.1. The molecule has 0 aromatic heterocycles. The van der Waals surface area contributed by atoms with Crippen molar-refractivity contribution >= 4 is 0 Å². The average molecular weight is 444 g/mol. The highest BCUT2D eigenvalue weighted by atomic mass is 17.2. The molecule has 5 heteroatoms. The van der Waals surface area contributed by atoms with Crippen LogP contribution in [0.4, 0.5) is 0 Å². The summed E-state index contributed by atoms with van der Waals surface area (Å²) < 4.78 is 11.9. The molecule has 0 atom stereocenters. The van der Waals surface area contributed by atoms with E-state index < -0.39 is 5.79 Å². The Morgan fingerprint density at radius 3 is 2.06 bits per heavy atom. The number of ether oxygens (including phenoxy) is 2. The molecule has 1 aromatic rings. The third kappa shape index (κ3) is 4.59. The van der Waals surface area contributed by atoms with E-state index in [1.165, 1.54) is 37.7 Å². The summed E-state index contributed by atoms with van der Waals surface area (Å²) in [6, 6.07) is 8.71. The first-order valence-corrected chi connectivity index (χ1v) is 12.8. The van der Waals surface area contributed by atoms with Crippen LogP contribution in [0.3, 0.4) is 0 Å². The second-order valence-electron chi connectivity index (χ2n) is 11.1.